The maximum absolute atomic E-state index is 13.0. The number of hydrogen-bond donors (Lipinski definition) is 0. The van der Waals surface area contributed by atoms with Crippen LogP contribution in [0.5, 0.6) is 5.75 Å². The zero-order chi connectivity index (χ0) is 30.6. The second kappa shape index (κ2) is 21.4. The molecular formula is C29H55NO9Si2. The summed E-state index contributed by atoms with van der Waals surface area (Å²) in [5, 5.41) is 0. The Morgan fingerprint density at radius 2 is 1.07 bits per heavy atom. The van der Waals surface area contributed by atoms with E-state index < -0.39 is 17.6 Å². The molecule has 0 aliphatic carbocycles. The Morgan fingerprint density at radius 3 is 1.44 bits per heavy atom. The van der Waals surface area contributed by atoms with E-state index in [1.54, 1.807) is 0 Å². The molecule has 0 spiro atoms. The lowest BCUT2D eigenvalue weighted by Gasteiger charge is -2.47. The fourth-order valence-corrected chi connectivity index (χ4v) is 11.7. The normalized spacial score (nSPS) is 13.8. The van der Waals surface area contributed by atoms with Gasteiger partial charge in [0.25, 0.3) is 0 Å². The Balaban J connectivity index is 3.33. The van der Waals surface area contributed by atoms with E-state index in [4.69, 9.17) is 36.0 Å². The summed E-state index contributed by atoms with van der Waals surface area (Å²) in [4.78, 5) is 15.2. The molecule has 0 aromatic heterocycles. The maximum Gasteiger partial charge on any atom is 0.519 e. The van der Waals surface area contributed by atoms with Crippen LogP contribution in [0.1, 0.15) is 74.7 Å². The minimum atomic E-state index is -3.25. The Kier molecular flexibility index (Phi) is 19.6. The molecule has 0 bridgehead atoms. The van der Waals surface area contributed by atoms with Gasteiger partial charge in [0.05, 0.1) is 17.8 Å². The van der Waals surface area contributed by atoms with Crippen LogP contribution in [0.3, 0.4) is 0 Å². The lowest BCUT2D eigenvalue weighted by atomic mass is 10.3. The molecule has 0 saturated carbocycles. The van der Waals surface area contributed by atoms with Crippen molar-refractivity contribution in [3.63, 3.8) is 0 Å². The highest BCUT2D eigenvalue weighted by Crippen LogP contribution is 2.31. The third-order valence-corrected chi connectivity index (χ3v) is 13.7. The van der Waals surface area contributed by atoms with Crippen molar-refractivity contribution in [1.82, 2.24) is 4.90 Å². The molecule has 12 heteroatoms. The zero-order valence-electron chi connectivity index (χ0n) is 26.6. The molecule has 0 fully saturated rings. The van der Waals surface area contributed by atoms with Crippen LogP contribution in [0, 0.1) is 0 Å². The third kappa shape index (κ3) is 11.7. The molecule has 41 heavy (non-hydrogen) atoms. The number of para-hydroxylation sites is 1. The fraction of sp³-hybridized carbons (Fsp3) is 0.759. The van der Waals surface area contributed by atoms with Gasteiger partial charge in [-0.05, 0) is 66.5 Å². The smallest absolute Gasteiger partial charge is 0.490 e. The highest BCUT2D eigenvalue weighted by atomic mass is 28.4. The van der Waals surface area contributed by atoms with Gasteiger partial charge in [0.2, 0.25) is 0 Å². The first-order valence-corrected chi connectivity index (χ1v) is 18.9. The summed E-state index contributed by atoms with van der Waals surface area (Å²) in [5.41, 5.74) is -0.510. The fourth-order valence-electron chi connectivity index (χ4n) is 5.06. The van der Waals surface area contributed by atoms with Crippen molar-refractivity contribution in [2.75, 3.05) is 59.4 Å². The van der Waals surface area contributed by atoms with Gasteiger partial charge in [-0.3, -0.25) is 9.69 Å². The molecule has 0 radical (unpaired) electrons. The summed E-state index contributed by atoms with van der Waals surface area (Å²) in [7, 11) is -6.49. The standard InChI is InChI=1S/C29H55NO9Si2/c1-9-27(40(34-11-3,35-12-4)36-13-5)30(28(10-2)41(37-14-6,38-15-7)39-16-8)23-22-29(31)33-25-24-32-26-20-18-17-19-21-26/h17-21,27-28H,9-16,22-25H2,1-8H3. The van der Waals surface area contributed by atoms with Crippen LogP contribution < -0.4 is 4.74 Å². The topological polar surface area (TPSA) is 94.2 Å². The van der Waals surface area contributed by atoms with Gasteiger partial charge >= 0.3 is 23.6 Å². The molecule has 0 N–H and O–H groups in total. The molecule has 1 aromatic rings. The van der Waals surface area contributed by atoms with Gasteiger partial charge in [-0.25, -0.2) is 0 Å². The largest absolute Gasteiger partial charge is 0.519 e. The first-order valence-electron chi connectivity index (χ1n) is 15.3. The number of nitrogens with zero attached hydrogens (tertiary/aromatic N) is 1. The van der Waals surface area contributed by atoms with Crippen molar-refractivity contribution >= 4 is 23.6 Å². The van der Waals surface area contributed by atoms with E-state index in [0.29, 0.717) is 59.0 Å². The number of esters is 1. The second-order valence-corrected chi connectivity index (χ2v) is 14.5. The molecule has 0 heterocycles. The van der Waals surface area contributed by atoms with Crippen LogP contribution in [-0.4, -0.2) is 99.2 Å². The van der Waals surface area contributed by atoms with Crippen molar-refractivity contribution in [2.24, 2.45) is 0 Å². The van der Waals surface area contributed by atoms with Crippen LogP contribution in [0.2, 0.25) is 0 Å². The van der Waals surface area contributed by atoms with Gasteiger partial charge in [-0.15, -0.1) is 0 Å². The van der Waals surface area contributed by atoms with Crippen LogP contribution in [0.15, 0.2) is 30.3 Å². The van der Waals surface area contributed by atoms with E-state index in [-0.39, 0.29) is 36.9 Å². The van der Waals surface area contributed by atoms with Gasteiger partial charge in [-0.1, -0.05) is 32.0 Å². The van der Waals surface area contributed by atoms with Crippen LogP contribution >= 0.6 is 0 Å². The van der Waals surface area contributed by atoms with Crippen LogP contribution in [0.4, 0.5) is 0 Å². The van der Waals surface area contributed by atoms with Gasteiger partial charge in [-0.2, -0.15) is 0 Å². The molecule has 0 saturated heterocycles. The maximum atomic E-state index is 13.0. The first kappa shape index (κ1) is 37.7. The molecule has 0 aliphatic rings. The van der Waals surface area contributed by atoms with Gasteiger partial charge in [0.15, 0.2) is 0 Å². The van der Waals surface area contributed by atoms with Crippen molar-refractivity contribution in [1.29, 1.82) is 0 Å². The number of benzene rings is 1. The number of rotatable bonds is 25. The molecule has 238 valence electrons. The molecular weight excluding hydrogens is 562 g/mol. The van der Waals surface area contributed by atoms with E-state index in [2.05, 4.69) is 18.7 Å². The summed E-state index contributed by atoms with van der Waals surface area (Å²) in [6.07, 6.45) is 1.51. The summed E-state index contributed by atoms with van der Waals surface area (Å²) in [6, 6.07) is 9.46. The van der Waals surface area contributed by atoms with E-state index in [1.165, 1.54) is 0 Å². The Labute approximate surface area is 250 Å². The lowest BCUT2D eigenvalue weighted by molar-refractivity contribution is -0.145. The molecule has 10 nitrogen and oxygen atoms in total. The van der Waals surface area contributed by atoms with E-state index in [0.717, 1.165) is 5.75 Å². The monoisotopic (exact) mass is 617 g/mol. The van der Waals surface area contributed by atoms with Crippen LogP contribution in [-0.2, 0) is 36.1 Å². The van der Waals surface area contributed by atoms with Crippen LogP contribution in [0.25, 0.3) is 0 Å². The number of hydrogen-bond acceptors (Lipinski definition) is 10. The first-order chi connectivity index (χ1) is 19.9. The van der Waals surface area contributed by atoms with Gasteiger partial charge in [0, 0.05) is 46.2 Å². The molecule has 0 amide bonds. The summed E-state index contributed by atoms with van der Waals surface area (Å²) < 4.78 is 49.4. The molecule has 2 unspecified atom stereocenters. The Bertz CT molecular complexity index is 738. The van der Waals surface area contributed by atoms with Crippen molar-refractivity contribution in [3.8, 4) is 5.75 Å². The zero-order valence-corrected chi connectivity index (χ0v) is 28.6. The number of carbonyl (C=O) groups is 1. The summed E-state index contributed by atoms with van der Waals surface area (Å²) >= 11 is 0. The second-order valence-electron chi connectivity index (χ2n) is 9.02. The van der Waals surface area contributed by atoms with Crippen molar-refractivity contribution < 1.29 is 40.8 Å². The van der Waals surface area contributed by atoms with Crippen molar-refractivity contribution in [3.05, 3.63) is 30.3 Å². The van der Waals surface area contributed by atoms with E-state index >= 15 is 0 Å². The minimum absolute atomic E-state index is 0.155. The highest BCUT2D eigenvalue weighted by Gasteiger charge is 2.58. The third-order valence-electron chi connectivity index (χ3n) is 6.40. The summed E-state index contributed by atoms with van der Waals surface area (Å²) in [5.74, 6) is 0.420. The Morgan fingerprint density at radius 1 is 0.659 bits per heavy atom. The van der Waals surface area contributed by atoms with Crippen molar-refractivity contribution in [2.45, 2.75) is 86.0 Å². The molecule has 1 rings (SSSR count). The van der Waals surface area contributed by atoms with Gasteiger partial charge < -0.3 is 36.0 Å². The Hall–Kier alpha value is -1.36. The summed E-state index contributed by atoms with van der Waals surface area (Å²) in [6.45, 7) is 19.4. The number of carbonyl (C=O) groups excluding carboxylic acids is 1. The molecule has 2 atom stereocenters. The SMILES string of the molecule is CCO[Si](OCC)(OCC)C(CC)N(CCC(=O)OCCOc1ccccc1)C(CC)[Si](OCC)(OCC)OCC. The number of ether oxygens (including phenoxy) is 2. The highest BCUT2D eigenvalue weighted by molar-refractivity contribution is 6.64. The molecule has 0 aliphatic heterocycles. The average molecular weight is 618 g/mol. The van der Waals surface area contributed by atoms with E-state index in [1.807, 2.05) is 71.9 Å². The quantitative estimate of drug-likeness (QED) is 0.0845. The molecule has 1 aromatic carbocycles. The predicted octanol–water partition coefficient (Wildman–Crippen LogP) is 5.03. The predicted molar refractivity (Wildman–Crippen MR) is 164 cm³/mol. The van der Waals surface area contributed by atoms with E-state index in [9.17, 15) is 4.79 Å². The minimum Gasteiger partial charge on any atom is -0.490 e. The lowest BCUT2D eigenvalue weighted by Crippen LogP contribution is -2.71. The average Bonchev–Trinajstić information content (AvgIpc) is 2.96. The van der Waals surface area contributed by atoms with Gasteiger partial charge in [0.1, 0.15) is 19.0 Å².